The highest BCUT2D eigenvalue weighted by molar-refractivity contribution is 9.10. The molecule has 5 heteroatoms. The third-order valence-corrected chi connectivity index (χ3v) is 4.24. The Morgan fingerprint density at radius 2 is 2.10 bits per heavy atom. The number of nitrogens with one attached hydrogen (secondary N) is 1. The van der Waals surface area contributed by atoms with Crippen molar-refractivity contribution < 1.29 is 14.3 Å². The van der Waals surface area contributed by atoms with Gasteiger partial charge in [0.05, 0.1) is 6.61 Å². The van der Waals surface area contributed by atoms with E-state index in [0.29, 0.717) is 19.4 Å². The number of halogens is 1. The van der Waals surface area contributed by atoms with E-state index in [4.69, 9.17) is 4.74 Å². The highest BCUT2D eigenvalue weighted by Crippen LogP contribution is 2.43. The van der Waals surface area contributed by atoms with E-state index in [1.165, 1.54) is 0 Å². The zero-order valence-corrected chi connectivity index (χ0v) is 13.2. The lowest BCUT2D eigenvalue weighted by molar-refractivity contribution is -0.165. The van der Waals surface area contributed by atoms with Gasteiger partial charge in [0.25, 0.3) is 0 Å². The second-order valence-electron chi connectivity index (χ2n) is 5.07. The number of esters is 1. The third kappa shape index (κ3) is 2.73. The molecule has 0 aromatic heterocycles. The Hall–Kier alpha value is -1.36. The van der Waals surface area contributed by atoms with E-state index in [1.54, 1.807) is 6.92 Å². The van der Waals surface area contributed by atoms with Gasteiger partial charge in [-0.05, 0) is 50.5 Å². The summed E-state index contributed by atoms with van der Waals surface area (Å²) in [5, 5.41) is 2.86. The van der Waals surface area contributed by atoms with E-state index in [0.717, 1.165) is 22.1 Å². The molecular formula is C15H18BrNO3. The molecule has 0 aliphatic heterocycles. The maximum atomic E-state index is 12.4. The molecule has 0 unspecified atom stereocenters. The fourth-order valence-corrected chi connectivity index (χ4v) is 2.81. The van der Waals surface area contributed by atoms with E-state index in [-0.39, 0.29) is 5.91 Å². The van der Waals surface area contributed by atoms with Crippen molar-refractivity contribution in [2.24, 2.45) is 5.41 Å². The first-order chi connectivity index (χ1) is 9.49. The number of amides is 1. The summed E-state index contributed by atoms with van der Waals surface area (Å²) in [4.78, 5) is 24.5. The molecule has 1 aromatic rings. The lowest BCUT2D eigenvalue weighted by Crippen LogP contribution is -2.49. The van der Waals surface area contributed by atoms with Gasteiger partial charge in [-0.1, -0.05) is 22.4 Å². The van der Waals surface area contributed by atoms with Crippen LogP contribution in [0.25, 0.3) is 0 Å². The molecule has 0 atom stereocenters. The Balaban J connectivity index is 2.16. The van der Waals surface area contributed by atoms with Crippen molar-refractivity contribution >= 4 is 33.5 Å². The molecule has 2 rings (SSSR count). The van der Waals surface area contributed by atoms with Gasteiger partial charge in [-0.3, -0.25) is 9.59 Å². The summed E-state index contributed by atoms with van der Waals surface area (Å²) in [6, 6.07) is 5.61. The van der Waals surface area contributed by atoms with Crippen LogP contribution < -0.4 is 5.32 Å². The van der Waals surface area contributed by atoms with Gasteiger partial charge in [0, 0.05) is 10.2 Å². The lowest BCUT2D eigenvalue weighted by atomic mass is 9.68. The van der Waals surface area contributed by atoms with Crippen molar-refractivity contribution in [1.82, 2.24) is 0 Å². The second-order valence-corrected chi connectivity index (χ2v) is 5.99. The molecule has 1 saturated carbocycles. The standard InChI is InChI=1S/C15H18BrNO3/c1-3-20-14(19)15(7-4-8-15)13(18)17-12-6-5-11(16)9-10(12)2/h5-6,9H,3-4,7-8H2,1-2H3,(H,17,18). The van der Waals surface area contributed by atoms with Crippen molar-refractivity contribution in [2.75, 3.05) is 11.9 Å². The summed E-state index contributed by atoms with van der Waals surface area (Å²) >= 11 is 3.38. The molecule has 0 radical (unpaired) electrons. The van der Waals surface area contributed by atoms with Gasteiger partial charge in [0.15, 0.2) is 0 Å². The van der Waals surface area contributed by atoms with E-state index in [2.05, 4.69) is 21.2 Å². The summed E-state index contributed by atoms with van der Waals surface area (Å²) in [5.41, 5.74) is 0.690. The number of hydrogen-bond acceptors (Lipinski definition) is 3. The van der Waals surface area contributed by atoms with Crippen LogP contribution in [0.4, 0.5) is 5.69 Å². The number of rotatable bonds is 4. The molecule has 0 heterocycles. The van der Waals surface area contributed by atoms with Gasteiger partial charge in [-0.15, -0.1) is 0 Å². The Morgan fingerprint density at radius 1 is 1.40 bits per heavy atom. The average Bonchev–Trinajstić information content (AvgIpc) is 2.31. The Labute approximate surface area is 127 Å². The molecular weight excluding hydrogens is 322 g/mol. The summed E-state index contributed by atoms with van der Waals surface area (Å²) in [5.74, 6) is -0.661. The SMILES string of the molecule is CCOC(=O)C1(C(=O)Nc2ccc(Br)cc2C)CCC1. The van der Waals surface area contributed by atoms with Crippen molar-refractivity contribution in [3.8, 4) is 0 Å². The van der Waals surface area contributed by atoms with Crippen LogP contribution >= 0.6 is 15.9 Å². The minimum atomic E-state index is -0.991. The van der Waals surface area contributed by atoms with Crippen LogP contribution in [0.15, 0.2) is 22.7 Å². The predicted octanol–water partition coefficient (Wildman–Crippen LogP) is 3.43. The van der Waals surface area contributed by atoms with Gasteiger partial charge < -0.3 is 10.1 Å². The van der Waals surface area contributed by atoms with Gasteiger partial charge in [0.2, 0.25) is 5.91 Å². The Bertz CT molecular complexity index is 538. The van der Waals surface area contributed by atoms with E-state index < -0.39 is 11.4 Å². The van der Waals surface area contributed by atoms with Crippen LogP contribution in [0.3, 0.4) is 0 Å². The maximum absolute atomic E-state index is 12.4. The summed E-state index contributed by atoms with van der Waals surface area (Å²) < 4.78 is 6.01. The maximum Gasteiger partial charge on any atom is 0.321 e. The number of aryl methyl sites for hydroxylation is 1. The first-order valence-corrected chi connectivity index (χ1v) is 7.54. The third-order valence-electron chi connectivity index (χ3n) is 3.74. The quantitative estimate of drug-likeness (QED) is 0.675. The first kappa shape index (κ1) is 15.0. The molecule has 1 aromatic carbocycles. The van der Waals surface area contributed by atoms with E-state index >= 15 is 0 Å². The van der Waals surface area contributed by atoms with Crippen molar-refractivity contribution in [3.63, 3.8) is 0 Å². The molecule has 0 spiro atoms. The van der Waals surface area contributed by atoms with Crippen LogP contribution in [0.1, 0.15) is 31.7 Å². The van der Waals surface area contributed by atoms with Crippen LogP contribution in [-0.4, -0.2) is 18.5 Å². The number of carbonyl (C=O) groups excluding carboxylic acids is 2. The normalized spacial score (nSPS) is 16.1. The molecule has 4 nitrogen and oxygen atoms in total. The highest BCUT2D eigenvalue weighted by Gasteiger charge is 2.52. The fraction of sp³-hybridized carbons (Fsp3) is 0.467. The predicted molar refractivity (Wildman–Crippen MR) is 80.4 cm³/mol. The second kappa shape index (κ2) is 5.95. The Morgan fingerprint density at radius 3 is 2.60 bits per heavy atom. The van der Waals surface area contributed by atoms with E-state index in [9.17, 15) is 9.59 Å². The molecule has 1 N–H and O–H groups in total. The summed E-state index contributed by atoms with van der Waals surface area (Å²) in [6.07, 6.45) is 2.01. The van der Waals surface area contributed by atoms with Gasteiger partial charge in [-0.25, -0.2) is 0 Å². The molecule has 108 valence electrons. The van der Waals surface area contributed by atoms with Crippen LogP contribution in [-0.2, 0) is 14.3 Å². The topological polar surface area (TPSA) is 55.4 Å². The molecule has 0 saturated heterocycles. The van der Waals surface area contributed by atoms with Crippen molar-refractivity contribution in [2.45, 2.75) is 33.1 Å². The zero-order chi connectivity index (χ0) is 14.8. The fourth-order valence-electron chi connectivity index (χ4n) is 2.33. The van der Waals surface area contributed by atoms with Crippen molar-refractivity contribution in [3.05, 3.63) is 28.2 Å². The van der Waals surface area contributed by atoms with Gasteiger partial charge in [-0.2, -0.15) is 0 Å². The van der Waals surface area contributed by atoms with Crippen LogP contribution in [0, 0.1) is 12.3 Å². The monoisotopic (exact) mass is 339 g/mol. The number of ether oxygens (including phenoxy) is 1. The van der Waals surface area contributed by atoms with Crippen molar-refractivity contribution in [1.29, 1.82) is 0 Å². The Kier molecular flexibility index (Phi) is 4.48. The smallest absolute Gasteiger partial charge is 0.321 e. The zero-order valence-electron chi connectivity index (χ0n) is 11.7. The molecule has 20 heavy (non-hydrogen) atoms. The summed E-state index contributed by atoms with van der Waals surface area (Å²) in [7, 11) is 0. The minimum absolute atomic E-state index is 0.257. The first-order valence-electron chi connectivity index (χ1n) is 6.74. The average molecular weight is 340 g/mol. The molecule has 1 aliphatic carbocycles. The lowest BCUT2D eigenvalue weighted by Gasteiger charge is -2.37. The number of carbonyl (C=O) groups is 2. The largest absolute Gasteiger partial charge is 0.465 e. The van der Waals surface area contributed by atoms with Gasteiger partial charge in [0.1, 0.15) is 5.41 Å². The summed E-state index contributed by atoms with van der Waals surface area (Å²) in [6.45, 7) is 3.96. The number of hydrogen-bond donors (Lipinski definition) is 1. The highest BCUT2D eigenvalue weighted by atomic mass is 79.9. The number of benzene rings is 1. The van der Waals surface area contributed by atoms with Gasteiger partial charge >= 0.3 is 5.97 Å². The van der Waals surface area contributed by atoms with Crippen LogP contribution in [0.2, 0.25) is 0 Å². The molecule has 0 bridgehead atoms. The minimum Gasteiger partial charge on any atom is -0.465 e. The van der Waals surface area contributed by atoms with Crippen LogP contribution in [0.5, 0.6) is 0 Å². The van der Waals surface area contributed by atoms with E-state index in [1.807, 2.05) is 25.1 Å². The molecule has 1 fully saturated rings. The molecule has 1 amide bonds. The molecule has 1 aliphatic rings. The number of anilines is 1.